The van der Waals surface area contributed by atoms with Crippen molar-refractivity contribution in [1.29, 1.82) is 0 Å². The van der Waals surface area contributed by atoms with E-state index in [1.807, 2.05) is 56.3 Å². The van der Waals surface area contributed by atoms with Gasteiger partial charge < -0.3 is 5.11 Å². The van der Waals surface area contributed by atoms with Crippen LogP contribution in [0, 0.1) is 0 Å². The Labute approximate surface area is 144 Å². The largest absolute Gasteiger partial charge is 0.369 e. The third kappa shape index (κ3) is 2.50. The van der Waals surface area contributed by atoms with Gasteiger partial charge >= 0.3 is 0 Å². The fourth-order valence-electron chi connectivity index (χ4n) is 3.56. The lowest BCUT2D eigenvalue weighted by molar-refractivity contribution is -0.0304. The van der Waals surface area contributed by atoms with E-state index in [4.69, 9.17) is 0 Å². The Kier molecular flexibility index (Phi) is 3.93. The molecule has 1 heterocycles. The van der Waals surface area contributed by atoms with Crippen LogP contribution in [0.5, 0.6) is 0 Å². The van der Waals surface area contributed by atoms with Crippen molar-refractivity contribution in [1.82, 2.24) is 4.90 Å². The summed E-state index contributed by atoms with van der Waals surface area (Å²) >= 11 is 0. The minimum absolute atomic E-state index is 0.0654. The van der Waals surface area contributed by atoms with Crippen LogP contribution in [-0.2, 0) is 5.54 Å². The highest BCUT2D eigenvalue weighted by molar-refractivity contribution is 6.89. The van der Waals surface area contributed by atoms with Crippen LogP contribution in [0.25, 0.3) is 0 Å². The van der Waals surface area contributed by atoms with Gasteiger partial charge in [0, 0.05) is 11.1 Å². The predicted octanol–water partition coefficient (Wildman–Crippen LogP) is 3.61. The number of hydrogen-bond acceptors (Lipinski definition) is 2. The minimum atomic E-state index is -1.69. The van der Waals surface area contributed by atoms with Crippen LogP contribution in [-0.4, -0.2) is 24.0 Å². The average Bonchev–Trinajstić information content (AvgIpc) is 2.79. The molecular formula is C20H25NO2Si. The Hall–Kier alpha value is -1.91. The Balaban J connectivity index is 2.13. The van der Waals surface area contributed by atoms with Crippen LogP contribution in [0.15, 0.2) is 48.5 Å². The van der Waals surface area contributed by atoms with E-state index in [-0.39, 0.29) is 5.91 Å². The molecular weight excluding hydrogens is 314 g/mol. The molecule has 1 unspecified atom stereocenters. The maximum atomic E-state index is 13.3. The van der Waals surface area contributed by atoms with Gasteiger partial charge in [0.15, 0.2) is 6.23 Å². The van der Waals surface area contributed by atoms with Gasteiger partial charge in [0.1, 0.15) is 0 Å². The molecule has 3 nitrogen and oxygen atoms in total. The van der Waals surface area contributed by atoms with E-state index in [9.17, 15) is 9.90 Å². The number of fused-ring (bicyclic) bond motifs is 1. The summed E-state index contributed by atoms with van der Waals surface area (Å²) in [6, 6.07) is 15.8. The van der Waals surface area contributed by atoms with Gasteiger partial charge in [-0.2, -0.15) is 0 Å². The van der Waals surface area contributed by atoms with Crippen molar-refractivity contribution in [3.05, 3.63) is 65.2 Å². The minimum Gasteiger partial charge on any atom is -0.369 e. The first kappa shape index (κ1) is 16.9. The number of benzene rings is 2. The monoisotopic (exact) mass is 339 g/mol. The summed E-state index contributed by atoms with van der Waals surface area (Å²) in [5.41, 5.74) is 1.88. The highest BCUT2D eigenvalue weighted by atomic mass is 28.3. The maximum absolute atomic E-state index is 13.3. The van der Waals surface area contributed by atoms with Crippen LogP contribution in [0.1, 0.15) is 41.6 Å². The van der Waals surface area contributed by atoms with Gasteiger partial charge in [-0.1, -0.05) is 68.2 Å². The Morgan fingerprint density at radius 3 is 2.21 bits per heavy atom. The SMILES string of the molecule is CC(C)(c1ccccc1)N1C(=O)c2c(cccc2[Si](C)(C)C)C1O. The van der Waals surface area contributed by atoms with Gasteiger partial charge in [-0.25, -0.2) is 0 Å². The Morgan fingerprint density at radius 2 is 1.62 bits per heavy atom. The van der Waals surface area contributed by atoms with Crippen LogP contribution in [0.2, 0.25) is 19.6 Å². The summed E-state index contributed by atoms with van der Waals surface area (Å²) in [5, 5.41) is 12.0. The number of amides is 1. The third-order valence-electron chi connectivity index (χ3n) is 4.94. The maximum Gasteiger partial charge on any atom is 0.257 e. The molecule has 3 rings (SSSR count). The van der Waals surface area contributed by atoms with E-state index in [1.54, 1.807) is 4.90 Å². The Bertz CT molecular complexity index is 778. The zero-order chi connectivity index (χ0) is 17.7. The molecule has 1 amide bonds. The smallest absolute Gasteiger partial charge is 0.257 e. The lowest BCUT2D eigenvalue weighted by Gasteiger charge is -2.38. The van der Waals surface area contributed by atoms with Gasteiger partial charge in [0.25, 0.3) is 5.91 Å². The molecule has 2 aromatic carbocycles. The van der Waals surface area contributed by atoms with Gasteiger partial charge in [0.05, 0.1) is 13.6 Å². The normalized spacial score (nSPS) is 18.0. The second kappa shape index (κ2) is 5.57. The van der Waals surface area contributed by atoms with E-state index < -0.39 is 19.8 Å². The molecule has 0 spiro atoms. The summed E-state index contributed by atoms with van der Waals surface area (Å²) in [7, 11) is -1.69. The number of aliphatic hydroxyl groups is 1. The molecule has 24 heavy (non-hydrogen) atoms. The van der Waals surface area contributed by atoms with Gasteiger partial charge in [-0.15, -0.1) is 0 Å². The Morgan fingerprint density at radius 1 is 1.00 bits per heavy atom. The van der Waals surface area contributed by atoms with Crippen LogP contribution in [0.4, 0.5) is 0 Å². The quantitative estimate of drug-likeness (QED) is 0.868. The molecule has 1 atom stereocenters. The van der Waals surface area contributed by atoms with Crippen LogP contribution in [0.3, 0.4) is 0 Å². The van der Waals surface area contributed by atoms with Crippen molar-refractivity contribution in [3.8, 4) is 0 Å². The number of nitrogens with zero attached hydrogens (tertiary/aromatic N) is 1. The molecule has 0 radical (unpaired) electrons. The highest BCUT2D eigenvalue weighted by Gasteiger charge is 2.46. The molecule has 0 fully saturated rings. The van der Waals surface area contributed by atoms with Gasteiger partial charge in [0.2, 0.25) is 0 Å². The fraction of sp³-hybridized carbons (Fsp3) is 0.350. The van der Waals surface area contributed by atoms with E-state index >= 15 is 0 Å². The topological polar surface area (TPSA) is 40.5 Å². The molecule has 1 N–H and O–H groups in total. The standard InChI is InChI=1S/C20H25NO2Si/c1-20(2,14-10-7-6-8-11-14)21-18(22)15-12-9-13-16(24(3,4)5)17(15)19(21)23/h6-13,18,22H,1-5H3. The molecule has 0 saturated heterocycles. The first-order chi connectivity index (χ1) is 11.2. The zero-order valence-corrected chi connectivity index (χ0v) is 16.0. The van der Waals surface area contributed by atoms with E-state index in [1.165, 1.54) is 0 Å². The fourth-order valence-corrected chi connectivity index (χ4v) is 5.16. The van der Waals surface area contributed by atoms with Crippen LogP contribution < -0.4 is 5.19 Å². The number of aliphatic hydroxyl groups excluding tert-OH is 1. The predicted molar refractivity (Wildman–Crippen MR) is 100 cm³/mol. The molecule has 0 aliphatic carbocycles. The molecule has 0 bridgehead atoms. The number of carbonyl (C=O) groups is 1. The lowest BCUT2D eigenvalue weighted by Crippen LogP contribution is -2.46. The van der Waals surface area contributed by atoms with Gasteiger partial charge in [-0.3, -0.25) is 9.69 Å². The van der Waals surface area contributed by atoms with Crippen molar-refractivity contribution < 1.29 is 9.90 Å². The lowest BCUT2D eigenvalue weighted by atomic mass is 9.92. The van der Waals surface area contributed by atoms with E-state index in [2.05, 4.69) is 25.7 Å². The van der Waals surface area contributed by atoms with Crippen molar-refractivity contribution in [2.24, 2.45) is 0 Å². The third-order valence-corrected chi connectivity index (χ3v) is 6.98. The summed E-state index contributed by atoms with van der Waals surface area (Å²) in [6.07, 6.45) is -0.904. The summed E-state index contributed by atoms with van der Waals surface area (Å²) in [6.45, 7) is 10.7. The highest BCUT2D eigenvalue weighted by Crippen LogP contribution is 2.41. The van der Waals surface area contributed by atoms with Gasteiger partial charge in [-0.05, 0) is 24.6 Å². The molecule has 1 aliphatic heterocycles. The molecule has 0 aromatic heterocycles. The van der Waals surface area contributed by atoms with Crippen molar-refractivity contribution in [2.45, 2.75) is 45.3 Å². The first-order valence-corrected chi connectivity index (χ1v) is 11.9. The average molecular weight is 340 g/mol. The van der Waals surface area contributed by atoms with Crippen molar-refractivity contribution >= 4 is 19.2 Å². The van der Waals surface area contributed by atoms with E-state index in [0.717, 1.165) is 16.3 Å². The molecule has 4 heteroatoms. The van der Waals surface area contributed by atoms with E-state index in [0.29, 0.717) is 5.56 Å². The second-order valence-electron chi connectivity index (χ2n) is 7.99. The van der Waals surface area contributed by atoms with Crippen molar-refractivity contribution in [2.75, 3.05) is 0 Å². The number of hydrogen-bond donors (Lipinski definition) is 1. The summed E-state index contributed by atoms with van der Waals surface area (Å²) in [4.78, 5) is 14.9. The van der Waals surface area contributed by atoms with Crippen LogP contribution >= 0.6 is 0 Å². The second-order valence-corrected chi connectivity index (χ2v) is 13.0. The summed E-state index contributed by atoms with van der Waals surface area (Å²) in [5.74, 6) is -0.0654. The first-order valence-electron chi connectivity index (χ1n) is 8.36. The molecule has 1 aliphatic rings. The molecule has 0 saturated carbocycles. The number of carbonyl (C=O) groups excluding carboxylic acids is 1. The zero-order valence-electron chi connectivity index (χ0n) is 15.0. The number of rotatable bonds is 3. The molecule has 2 aromatic rings. The summed E-state index contributed by atoms with van der Waals surface area (Å²) < 4.78 is 0. The molecule has 126 valence electrons. The van der Waals surface area contributed by atoms with Crippen molar-refractivity contribution in [3.63, 3.8) is 0 Å².